The highest BCUT2D eigenvalue weighted by Gasteiger charge is 2.47. The van der Waals surface area contributed by atoms with E-state index >= 15 is 0 Å². The first kappa shape index (κ1) is 23.3. The van der Waals surface area contributed by atoms with E-state index < -0.39 is 12.1 Å². The second-order valence-electron chi connectivity index (χ2n) is 8.75. The number of carbonyl (C=O) groups is 2. The number of piperidine rings is 1. The van der Waals surface area contributed by atoms with Gasteiger partial charge in [-0.1, -0.05) is 0 Å². The Morgan fingerprint density at radius 1 is 1.19 bits per heavy atom. The van der Waals surface area contributed by atoms with Crippen LogP contribution in [0.2, 0.25) is 0 Å². The number of anilines is 1. The van der Waals surface area contributed by atoms with E-state index in [1.807, 2.05) is 4.90 Å². The zero-order chi connectivity index (χ0) is 23.0. The largest absolute Gasteiger partial charge is 0.490 e. The number of likely N-dealkylation sites (tertiary alicyclic amines) is 1. The highest BCUT2D eigenvalue weighted by Crippen LogP contribution is 2.48. The molecule has 1 saturated heterocycles. The van der Waals surface area contributed by atoms with E-state index in [2.05, 4.69) is 4.90 Å². The zero-order valence-electron chi connectivity index (χ0n) is 17.6. The van der Waals surface area contributed by atoms with Gasteiger partial charge in [0.1, 0.15) is 5.82 Å². The number of halogens is 4. The number of alkyl halides is 3. The molecule has 0 unspecified atom stereocenters. The van der Waals surface area contributed by atoms with Gasteiger partial charge in [-0.25, -0.2) is 14.0 Å². The lowest BCUT2D eigenvalue weighted by Crippen LogP contribution is -2.47. The third kappa shape index (κ3) is 5.28. The molecule has 0 aromatic heterocycles. The molecule has 1 N–H and O–H groups in total. The number of amides is 2. The quantitative estimate of drug-likeness (QED) is 0.705. The summed E-state index contributed by atoms with van der Waals surface area (Å²) in [6, 6.07) is 4.89. The van der Waals surface area contributed by atoms with E-state index in [1.54, 1.807) is 31.1 Å². The smallest absolute Gasteiger partial charge is 0.475 e. The minimum atomic E-state index is -5.08. The SMILES string of the molecule is CN(C)C(=O)N1CC2(CCN(CC3CC3)CC2)c2cc(F)ccc21.O=C(O)C(F)(F)F. The number of nitrogens with zero attached hydrogens (tertiary/aromatic N) is 3. The lowest BCUT2D eigenvalue weighted by atomic mass is 9.74. The molecule has 1 saturated carbocycles. The highest BCUT2D eigenvalue weighted by atomic mass is 19.4. The van der Waals surface area contributed by atoms with E-state index in [9.17, 15) is 22.4 Å². The molecule has 0 atom stereocenters. The number of carboxylic acid groups (broad SMARTS) is 1. The molecule has 1 aliphatic carbocycles. The first-order valence-electron chi connectivity index (χ1n) is 10.2. The molecule has 2 heterocycles. The Morgan fingerprint density at radius 2 is 1.77 bits per heavy atom. The van der Waals surface area contributed by atoms with Crippen molar-refractivity contribution in [2.45, 2.75) is 37.3 Å². The number of urea groups is 1. The van der Waals surface area contributed by atoms with Gasteiger partial charge in [-0.15, -0.1) is 0 Å². The number of hydrogen-bond donors (Lipinski definition) is 1. The number of carbonyl (C=O) groups excluding carboxylic acids is 1. The van der Waals surface area contributed by atoms with Gasteiger partial charge in [-0.3, -0.25) is 4.90 Å². The van der Waals surface area contributed by atoms with Gasteiger partial charge in [0, 0.05) is 38.3 Å². The average molecular weight is 445 g/mol. The highest BCUT2D eigenvalue weighted by molar-refractivity contribution is 5.95. The summed E-state index contributed by atoms with van der Waals surface area (Å²) in [6.07, 6.45) is -0.317. The Kier molecular flexibility index (Phi) is 6.50. The predicted octanol–water partition coefficient (Wildman–Crippen LogP) is 3.70. The van der Waals surface area contributed by atoms with Gasteiger partial charge in [-0.05, 0) is 68.5 Å². The van der Waals surface area contributed by atoms with Crippen molar-refractivity contribution in [3.63, 3.8) is 0 Å². The van der Waals surface area contributed by atoms with Crippen molar-refractivity contribution in [2.75, 3.05) is 45.2 Å². The number of rotatable bonds is 2. The first-order valence-corrected chi connectivity index (χ1v) is 10.2. The molecule has 31 heavy (non-hydrogen) atoms. The molecule has 10 heteroatoms. The number of carboxylic acids is 1. The molecule has 0 bridgehead atoms. The topological polar surface area (TPSA) is 64.1 Å². The van der Waals surface area contributed by atoms with Crippen LogP contribution in [0.1, 0.15) is 31.2 Å². The molecule has 3 aliphatic rings. The monoisotopic (exact) mass is 445 g/mol. The van der Waals surface area contributed by atoms with Crippen LogP contribution in [0.3, 0.4) is 0 Å². The molecule has 1 aromatic carbocycles. The number of benzene rings is 1. The molecule has 1 spiro atoms. The van der Waals surface area contributed by atoms with E-state index in [0.29, 0.717) is 6.54 Å². The third-order valence-electron chi connectivity index (χ3n) is 6.16. The van der Waals surface area contributed by atoms with E-state index in [4.69, 9.17) is 9.90 Å². The third-order valence-corrected chi connectivity index (χ3v) is 6.16. The summed E-state index contributed by atoms with van der Waals surface area (Å²) in [7, 11) is 3.55. The van der Waals surface area contributed by atoms with Crippen LogP contribution in [0.4, 0.5) is 28.0 Å². The van der Waals surface area contributed by atoms with Crippen LogP contribution >= 0.6 is 0 Å². The molecule has 6 nitrogen and oxygen atoms in total. The fraction of sp³-hybridized carbons (Fsp3) is 0.619. The predicted molar refractivity (Wildman–Crippen MR) is 107 cm³/mol. The molecule has 4 rings (SSSR count). The number of fused-ring (bicyclic) bond motifs is 2. The van der Waals surface area contributed by atoms with Crippen molar-refractivity contribution >= 4 is 17.7 Å². The minimum Gasteiger partial charge on any atom is -0.475 e. The van der Waals surface area contributed by atoms with Crippen molar-refractivity contribution in [1.82, 2.24) is 9.80 Å². The minimum absolute atomic E-state index is 0.0138. The fourth-order valence-corrected chi connectivity index (χ4v) is 4.31. The Hall–Kier alpha value is -2.36. The van der Waals surface area contributed by atoms with Crippen molar-refractivity contribution in [2.24, 2.45) is 5.92 Å². The Bertz CT molecular complexity index is 832. The molecule has 2 amide bonds. The maximum atomic E-state index is 13.9. The summed E-state index contributed by atoms with van der Waals surface area (Å²) in [4.78, 5) is 27.5. The molecule has 172 valence electrons. The van der Waals surface area contributed by atoms with Crippen LogP contribution in [0.15, 0.2) is 18.2 Å². The average Bonchev–Trinajstić information content (AvgIpc) is 3.46. The Labute approximate surface area is 178 Å². The normalized spacial score (nSPS) is 20.1. The standard InChI is InChI=1S/C19H26FN3O.C2HF3O2/c1-21(2)18(24)23-13-19(16-11-15(20)5-6-17(16)23)7-9-22(10-8-19)12-14-3-4-14;3-2(4,5)1(6)7/h5-6,11,14H,3-4,7-10,12-13H2,1-2H3;(H,6,7). The Balaban J connectivity index is 0.000000339. The lowest BCUT2D eigenvalue weighted by molar-refractivity contribution is -0.192. The summed E-state index contributed by atoms with van der Waals surface area (Å²) in [5.41, 5.74) is 1.85. The first-order chi connectivity index (χ1) is 14.4. The summed E-state index contributed by atoms with van der Waals surface area (Å²) in [6.45, 7) is 4.00. The van der Waals surface area contributed by atoms with Crippen LogP contribution in [-0.2, 0) is 10.2 Å². The van der Waals surface area contributed by atoms with Gasteiger partial charge in [0.25, 0.3) is 0 Å². The van der Waals surface area contributed by atoms with Gasteiger partial charge >= 0.3 is 18.2 Å². The number of hydrogen-bond acceptors (Lipinski definition) is 3. The zero-order valence-corrected chi connectivity index (χ0v) is 17.6. The van der Waals surface area contributed by atoms with Gasteiger partial charge in [0.05, 0.1) is 0 Å². The molecular formula is C21H27F4N3O3. The maximum absolute atomic E-state index is 13.9. The van der Waals surface area contributed by atoms with Gasteiger partial charge < -0.3 is 14.9 Å². The molecule has 1 aromatic rings. The van der Waals surface area contributed by atoms with Gasteiger partial charge in [0.2, 0.25) is 0 Å². The fourth-order valence-electron chi connectivity index (χ4n) is 4.31. The van der Waals surface area contributed by atoms with Crippen molar-refractivity contribution in [3.05, 3.63) is 29.6 Å². The van der Waals surface area contributed by atoms with E-state index in [-0.39, 0.29) is 17.3 Å². The van der Waals surface area contributed by atoms with Crippen LogP contribution in [-0.4, -0.2) is 73.4 Å². The van der Waals surface area contributed by atoms with Crippen molar-refractivity contribution < 1.29 is 32.3 Å². The van der Waals surface area contributed by atoms with Crippen LogP contribution in [0, 0.1) is 11.7 Å². The van der Waals surface area contributed by atoms with Crippen LogP contribution in [0.5, 0.6) is 0 Å². The molecule has 2 aliphatic heterocycles. The van der Waals surface area contributed by atoms with Crippen molar-refractivity contribution in [3.8, 4) is 0 Å². The number of aliphatic carboxylic acids is 1. The van der Waals surface area contributed by atoms with E-state index in [1.165, 1.54) is 25.5 Å². The van der Waals surface area contributed by atoms with Gasteiger partial charge in [-0.2, -0.15) is 13.2 Å². The second-order valence-corrected chi connectivity index (χ2v) is 8.75. The maximum Gasteiger partial charge on any atom is 0.490 e. The van der Waals surface area contributed by atoms with Crippen LogP contribution < -0.4 is 4.90 Å². The van der Waals surface area contributed by atoms with E-state index in [0.717, 1.165) is 43.1 Å². The summed E-state index contributed by atoms with van der Waals surface area (Å²) in [5, 5.41) is 7.12. The lowest BCUT2D eigenvalue weighted by Gasteiger charge is -2.40. The molecule has 0 radical (unpaired) electrons. The summed E-state index contributed by atoms with van der Waals surface area (Å²) >= 11 is 0. The summed E-state index contributed by atoms with van der Waals surface area (Å²) < 4.78 is 45.7. The van der Waals surface area contributed by atoms with Crippen LogP contribution in [0.25, 0.3) is 0 Å². The van der Waals surface area contributed by atoms with Crippen molar-refractivity contribution in [1.29, 1.82) is 0 Å². The second kappa shape index (κ2) is 8.64. The molecular weight excluding hydrogens is 418 g/mol. The molecule has 2 fully saturated rings. The summed E-state index contributed by atoms with van der Waals surface area (Å²) in [5.74, 6) is -2.06. The Morgan fingerprint density at radius 3 is 2.26 bits per heavy atom. The van der Waals surface area contributed by atoms with Gasteiger partial charge in [0.15, 0.2) is 0 Å².